The fourth-order valence-corrected chi connectivity index (χ4v) is 1.42. The van der Waals surface area contributed by atoms with Crippen LogP contribution in [0.4, 0.5) is 5.69 Å². The number of benzene rings is 1. The molecule has 0 spiro atoms. The van der Waals surface area contributed by atoms with Crippen LogP contribution in [0.1, 0.15) is 24.2 Å². The minimum Gasteiger partial charge on any atom is -0.326 e. The molecule has 0 aromatic heterocycles. The van der Waals surface area contributed by atoms with E-state index in [2.05, 4.69) is 5.32 Å². The number of amides is 1. The summed E-state index contributed by atoms with van der Waals surface area (Å²) in [6.45, 7) is 3.23. The van der Waals surface area contributed by atoms with Gasteiger partial charge in [-0.15, -0.1) is 11.6 Å². The van der Waals surface area contributed by atoms with Gasteiger partial charge in [-0.2, -0.15) is 0 Å². The fourth-order valence-electron chi connectivity index (χ4n) is 1.28. The lowest BCUT2D eigenvalue weighted by atomic mass is 10.0. The number of Topliss-reactive ketones (excluding diaryl/α,β-unsaturated/α-hetero) is 1. The zero-order valence-electron chi connectivity index (χ0n) is 9.29. The van der Waals surface area contributed by atoms with Gasteiger partial charge in [0.15, 0.2) is 5.78 Å². The standard InChI is InChI=1S/C12H14ClNO2/c1-8(7-13)12(16)10-3-5-11(6-4-10)14-9(2)15/h3-6,8H,7H2,1-2H3,(H,14,15). The summed E-state index contributed by atoms with van der Waals surface area (Å²) >= 11 is 5.62. The first-order valence-corrected chi connectivity index (χ1v) is 5.56. The molecule has 4 heteroatoms. The highest BCUT2D eigenvalue weighted by Crippen LogP contribution is 2.14. The summed E-state index contributed by atoms with van der Waals surface area (Å²) in [7, 11) is 0. The Labute approximate surface area is 99.8 Å². The summed E-state index contributed by atoms with van der Waals surface area (Å²) in [5.74, 6) is 0.0117. The van der Waals surface area contributed by atoms with Crippen LogP contribution in [0.25, 0.3) is 0 Å². The largest absolute Gasteiger partial charge is 0.326 e. The Morgan fingerprint density at radius 3 is 2.31 bits per heavy atom. The molecule has 1 rings (SSSR count). The van der Waals surface area contributed by atoms with E-state index in [-0.39, 0.29) is 17.6 Å². The Morgan fingerprint density at radius 2 is 1.88 bits per heavy atom. The third kappa shape index (κ3) is 3.35. The van der Waals surface area contributed by atoms with Crippen LogP contribution in [-0.4, -0.2) is 17.6 Å². The van der Waals surface area contributed by atoms with Gasteiger partial charge in [-0.25, -0.2) is 0 Å². The molecule has 3 nitrogen and oxygen atoms in total. The van der Waals surface area contributed by atoms with Gasteiger partial charge in [0.2, 0.25) is 5.91 Å². The number of hydrogen-bond donors (Lipinski definition) is 1. The first-order valence-electron chi connectivity index (χ1n) is 5.02. The van der Waals surface area contributed by atoms with Gasteiger partial charge in [-0.1, -0.05) is 6.92 Å². The van der Waals surface area contributed by atoms with Gasteiger partial charge in [0.1, 0.15) is 0 Å². The highest BCUT2D eigenvalue weighted by molar-refractivity contribution is 6.20. The van der Waals surface area contributed by atoms with Gasteiger partial charge < -0.3 is 5.32 Å². The Balaban J connectivity index is 2.78. The second kappa shape index (κ2) is 5.66. The average molecular weight is 240 g/mol. The number of hydrogen-bond acceptors (Lipinski definition) is 2. The Bertz CT molecular complexity index is 387. The monoisotopic (exact) mass is 239 g/mol. The van der Waals surface area contributed by atoms with Crippen LogP contribution >= 0.6 is 11.6 Å². The Kier molecular flexibility index (Phi) is 4.50. The van der Waals surface area contributed by atoms with Gasteiger partial charge in [-0.3, -0.25) is 9.59 Å². The normalized spacial score (nSPS) is 11.9. The van der Waals surface area contributed by atoms with E-state index < -0.39 is 0 Å². The SMILES string of the molecule is CC(=O)Nc1ccc(C(=O)C(C)CCl)cc1. The quantitative estimate of drug-likeness (QED) is 0.649. The second-order valence-electron chi connectivity index (χ2n) is 3.68. The van der Waals surface area contributed by atoms with Crippen LogP contribution in [-0.2, 0) is 4.79 Å². The highest BCUT2D eigenvalue weighted by Gasteiger charge is 2.13. The van der Waals surface area contributed by atoms with Gasteiger partial charge in [0, 0.05) is 30.0 Å². The van der Waals surface area contributed by atoms with Gasteiger partial charge in [-0.05, 0) is 24.3 Å². The molecule has 1 atom stereocenters. The molecule has 0 saturated carbocycles. The molecule has 0 radical (unpaired) electrons. The van der Waals surface area contributed by atoms with Gasteiger partial charge in [0.25, 0.3) is 0 Å². The molecule has 16 heavy (non-hydrogen) atoms. The van der Waals surface area contributed by atoms with Crippen LogP contribution in [0.15, 0.2) is 24.3 Å². The van der Waals surface area contributed by atoms with Crippen LogP contribution < -0.4 is 5.32 Å². The van der Waals surface area contributed by atoms with E-state index in [0.717, 1.165) is 0 Å². The van der Waals surface area contributed by atoms with E-state index in [0.29, 0.717) is 17.1 Å². The third-order valence-electron chi connectivity index (χ3n) is 2.17. The van der Waals surface area contributed by atoms with Crippen molar-refractivity contribution in [3.63, 3.8) is 0 Å². The van der Waals surface area contributed by atoms with Crippen LogP contribution in [0.5, 0.6) is 0 Å². The molecule has 1 N–H and O–H groups in total. The van der Waals surface area contributed by atoms with E-state index in [9.17, 15) is 9.59 Å². The third-order valence-corrected chi connectivity index (χ3v) is 2.63. The fraction of sp³-hybridized carbons (Fsp3) is 0.333. The first kappa shape index (κ1) is 12.7. The van der Waals surface area contributed by atoms with Crippen molar-refractivity contribution in [2.45, 2.75) is 13.8 Å². The van der Waals surface area contributed by atoms with Crippen molar-refractivity contribution in [1.82, 2.24) is 0 Å². The van der Waals surface area contributed by atoms with Crippen LogP contribution in [0.3, 0.4) is 0 Å². The average Bonchev–Trinajstić information content (AvgIpc) is 2.27. The molecule has 0 aliphatic heterocycles. The molecule has 1 unspecified atom stereocenters. The van der Waals surface area contributed by atoms with Crippen molar-refractivity contribution >= 4 is 29.0 Å². The number of alkyl halides is 1. The van der Waals surface area contributed by atoms with Crippen molar-refractivity contribution < 1.29 is 9.59 Å². The summed E-state index contributed by atoms with van der Waals surface area (Å²) in [5.41, 5.74) is 1.30. The highest BCUT2D eigenvalue weighted by atomic mass is 35.5. The molecular formula is C12H14ClNO2. The summed E-state index contributed by atoms with van der Waals surface area (Å²) < 4.78 is 0. The number of halogens is 1. The molecule has 0 aliphatic rings. The lowest BCUT2D eigenvalue weighted by molar-refractivity contribution is -0.114. The summed E-state index contributed by atoms with van der Waals surface area (Å²) in [6.07, 6.45) is 0. The number of anilines is 1. The van der Waals surface area contributed by atoms with Crippen molar-refractivity contribution in [3.05, 3.63) is 29.8 Å². The summed E-state index contributed by atoms with van der Waals surface area (Å²) in [6, 6.07) is 6.79. The first-order chi connectivity index (χ1) is 7.54. The summed E-state index contributed by atoms with van der Waals surface area (Å²) in [5, 5.41) is 2.64. The van der Waals surface area contributed by atoms with E-state index in [1.54, 1.807) is 31.2 Å². The molecule has 0 aliphatic carbocycles. The lowest BCUT2D eigenvalue weighted by Crippen LogP contribution is -2.12. The molecule has 86 valence electrons. The van der Waals surface area contributed by atoms with E-state index in [4.69, 9.17) is 11.6 Å². The number of carbonyl (C=O) groups is 2. The van der Waals surface area contributed by atoms with Crippen LogP contribution in [0, 0.1) is 5.92 Å². The van der Waals surface area contributed by atoms with Crippen molar-refractivity contribution in [1.29, 1.82) is 0 Å². The second-order valence-corrected chi connectivity index (χ2v) is 3.99. The minimum absolute atomic E-state index is 0.0179. The predicted molar refractivity (Wildman–Crippen MR) is 65.0 cm³/mol. The zero-order chi connectivity index (χ0) is 12.1. The minimum atomic E-state index is -0.187. The summed E-state index contributed by atoms with van der Waals surface area (Å²) in [4.78, 5) is 22.5. The van der Waals surface area contributed by atoms with E-state index >= 15 is 0 Å². The molecular weight excluding hydrogens is 226 g/mol. The lowest BCUT2D eigenvalue weighted by Gasteiger charge is -2.07. The van der Waals surface area contributed by atoms with Gasteiger partial charge >= 0.3 is 0 Å². The number of carbonyl (C=O) groups excluding carboxylic acids is 2. The number of nitrogens with one attached hydrogen (secondary N) is 1. The van der Waals surface area contributed by atoms with Gasteiger partial charge in [0.05, 0.1) is 0 Å². The smallest absolute Gasteiger partial charge is 0.221 e. The zero-order valence-corrected chi connectivity index (χ0v) is 10.0. The molecule has 0 bridgehead atoms. The molecule has 0 saturated heterocycles. The maximum Gasteiger partial charge on any atom is 0.221 e. The number of ketones is 1. The van der Waals surface area contributed by atoms with Crippen molar-refractivity contribution in [2.75, 3.05) is 11.2 Å². The van der Waals surface area contributed by atoms with Crippen molar-refractivity contribution in [3.8, 4) is 0 Å². The van der Waals surface area contributed by atoms with E-state index in [1.807, 2.05) is 0 Å². The van der Waals surface area contributed by atoms with E-state index in [1.165, 1.54) is 6.92 Å². The number of rotatable bonds is 4. The topological polar surface area (TPSA) is 46.2 Å². The molecule has 0 heterocycles. The van der Waals surface area contributed by atoms with Crippen molar-refractivity contribution in [2.24, 2.45) is 5.92 Å². The van der Waals surface area contributed by atoms with Crippen LogP contribution in [0.2, 0.25) is 0 Å². The molecule has 1 amide bonds. The Hall–Kier alpha value is -1.35. The Morgan fingerprint density at radius 1 is 1.31 bits per heavy atom. The molecule has 1 aromatic carbocycles. The predicted octanol–water partition coefficient (Wildman–Crippen LogP) is 2.70. The maximum absolute atomic E-state index is 11.7. The molecule has 0 fully saturated rings. The molecule has 1 aromatic rings. The maximum atomic E-state index is 11.7.